The van der Waals surface area contributed by atoms with E-state index in [0.717, 1.165) is 37.7 Å². The molecule has 114 valence electrons. The van der Waals surface area contributed by atoms with Gasteiger partial charge in [0.1, 0.15) is 6.04 Å². The molecular formula is C17H23NO3. The molecule has 2 unspecified atom stereocenters. The second-order valence-corrected chi connectivity index (χ2v) is 6.27. The monoisotopic (exact) mass is 289 g/mol. The highest BCUT2D eigenvalue weighted by atomic mass is 16.4. The molecule has 2 aliphatic rings. The van der Waals surface area contributed by atoms with Gasteiger partial charge in [0.25, 0.3) is 0 Å². The minimum Gasteiger partial charge on any atom is -0.480 e. The summed E-state index contributed by atoms with van der Waals surface area (Å²) in [6.45, 7) is 0.634. The van der Waals surface area contributed by atoms with E-state index in [1.165, 1.54) is 5.56 Å². The van der Waals surface area contributed by atoms with Gasteiger partial charge in [-0.05, 0) is 30.4 Å². The average molecular weight is 289 g/mol. The van der Waals surface area contributed by atoms with Crippen molar-refractivity contribution in [2.24, 2.45) is 0 Å². The Morgan fingerprint density at radius 2 is 1.81 bits per heavy atom. The summed E-state index contributed by atoms with van der Waals surface area (Å²) >= 11 is 0. The minimum absolute atomic E-state index is 0.0260. The first-order chi connectivity index (χ1) is 10.2. The van der Waals surface area contributed by atoms with E-state index < -0.39 is 18.1 Å². The van der Waals surface area contributed by atoms with Gasteiger partial charge in [-0.25, -0.2) is 0 Å². The van der Waals surface area contributed by atoms with Crippen LogP contribution in [0.15, 0.2) is 24.3 Å². The zero-order valence-electron chi connectivity index (χ0n) is 12.2. The van der Waals surface area contributed by atoms with Crippen LogP contribution in [0.25, 0.3) is 0 Å². The van der Waals surface area contributed by atoms with E-state index in [4.69, 9.17) is 0 Å². The molecule has 0 saturated heterocycles. The number of hydrogen-bond acceptors (Lipinski definition) is 3. The standard InChI is InChI=1S/C17H23NO3/c19-16-9-3-1-2-8-14(16)18-11-13-7-5-4-6-12(13)10-15(18)17(20)21/h4-7,14-16,19H,1-3,8-11H2,(H,20,21)/t14?,15-,16?/m0/s1. The molecule has 0 aromatic heterocycles. The highest BCUT2D eigenvalue weighted by molar-refractivity contribution is 5.74. The van der Waals surface area contributed by atoms with Crippen LogP contribution in [0.5, 0.6) is 0 Å². The van der Waals surface area contributed by atoms with Gasteiger partial charge in [0.2, 0.25) is 0 Å². The van der Waals surface area contributed by atoms with E-state index >= 15 is 0 Å². The number of aliphatic carboxylic acids is 1. The van der Waals surface area contributed by atoms with Crippen LogP contribution in [0.2, 0.25) is 0 Å². The highest BCUT2D eigenvalue weighted by Crippen LogP contribution is 2.31. The second kappa shape index (κ2) is 6.16. The highest BCUT2D eigenvalue weighted by Gasteiger charge is 2.38. The number of benzene rings is 1. The summed E-state index contributed by atoms with van der Waals surface area (Å²) in [4.78, 5) is 13.7. The molecule has 0 amide bonds. The summed E-state index contributed by atoms with van der Waals surface area (Å²) in [7, 11) is 0. The van der Waals surface area contributed by atoms with Gasteiger partial charge in [0.15, 0.2) is 0 Å². The molecule has 3 rings (SSSR count). The normalized spacial score (nSPS) is 30.4. The van der Waals surface area contributed by atoms with Crippen LogP contribution in [0.3, 0.4) is 0 Å². The lowest BCUT2D eigenvalue weighted by molar-refractivity contribution is -0.146. The van der Waals surface area contributed by atoms with Gasteiger partial charge in [0.05, 0.1) is 6.10 Å². The average Bonchev–Trinajstić information content (AvgIpc) is 2.70. The maximum absolute atomic E-state index is 11.7. The van der Waals surface area contributed by atoms with E-state index in [1.54, 1.807) is 0 Å². The van der Waals surface area contributed by atoms with Crippen molar-refractivity contribution in [3.05, 3.63) is 35.4 Å². The fourth-order valence-corrected chi connectivity index (χ4v) is 3.78. The molecule has 1 aliphatic carbocycles. The zero-order chi connectivity index (χ0) is 14.8. The number of fused-ring (bicyclic) bond motifs is 1. The SMILES string of the molecule is O=C(O)[C@@H]1Cc2ccccc2CN1C1CCCCCC1O. The second-order valence-electron chi connectivity index (χ2n) is 6.27. The summed E-state index contributed by atoms with van der Waals surface area (Å²) < 4.78 is 0. The van der Waals surface area contributed by atoms with Gasteiger partial charge >= 0.3 is 5.97 Å². The lowest BCUT2D eigenvalue weighted by Gasteiger charge is -2.41. The molecule has 1 fully saturated rings. The maximum Gasteiger partial charge on any atom is 0.321 e. The van der Waals surface area contributed by atoms with Crippen LogP contribution in [0.1, 0.15) is 43.2 Å². The number of nitrogens with zero attached hydrogens (tertiary/aromatic N) is 1. The molecule has 0 radical (unpaired) electrons. The van der Waals surface area contributed by atoms with Crippen molar-refractivity contribution in [1.82, 2.24) is 4.90 Å². The molecule has 1 saturated carbocycles. The van der Waals surface area contributed by atoms with E-state index in [-0.39, 0.29) is 6.04 Å². The molecule has 2 N–H and O–H groups in total. The lowest BCUT2D eigenvalue weighted by atomic mass is 9.90. The van der Waals surface area contributed by atoms with Crippen molar-refractivity contribution in [2.75, 3.05) is 0 Å². The fourth-order valence-electron chi connectivity index (χ4n) is 3.78. The molecule has 1 aromatic carbocycles. The summed E-state index contributed by atoms with van der Waals surface area (Å²) in [6.07, 6.45) is 5.07. The van der Waals surface area contributed by atoms with Crippen molar-refractivity contribution in [1.29, 1.82) is 0 Å². The fraction of sp³-hybridized carbons (Fsp3) is 0.588. The van der Waals surface area contributed by atoms with Gasteiger partial charge in [-0.15, -0.1) is 0 Å². The van der Waals surface area contributed by atoms with Crippen LogP contribution in [0.4, 0.5) is 0 Å². The van der Waals surface area contributed by atoms with Crippen molar-refractivity contribution >= 4 is 5.97 Å². The molecule has 1 aliphatic heterocycles. The third-order valence-corrected chi connectivity index (χ3v) is 4.94. The van der Waals surface area contributed by atoms with Crippen molar-refractivity contribution in [3.8, 4) is 0 Å². The number of aliphatic hydroxyl groups is 1. The summed E-state index contributed by atoms with van der Waals surface area (Å²) in [5.74, 6) is -0.777. The van der Waals surface area contributed by atoms with Crippen LogP contribution >= 0.6 is 0 Å². The molecule has 0 spiro atoms. The van der Waals surface area contributed by atoms with Crippen LogP contribution in [0, 0.1) is 0 Å². The maximum atomic E-state index is 11.7. The predicted molar refractivity (Wildman–Crippen MR) is 80.0 cm³/mol. The Bertz CT molecular complexity index is 517. The van der Waals surface area contributed by atoms with E-state index in [0.29, 0.717) is 13.0 Å². The van der Waals surface area contributed by atoms with Gasteiger partial charge < -0.3 is 10.2 Å². The molecule has 4 heteroatoms. The molecular weight excluding hydrogens is 266 g/mol. The van der Waals surface area contributed by atoms with Gasteiger partial charge in [-0.3, -0.25) is 9.69 Å². The number of aliphatic hydroxyl groups excluding tert-OH is 1. The Morgan fingerprint density at radius 3 is 2.57 bits per heavy atom. The first-order valence-corrected chi connectivity index (χ1v) is 7.90. The molecule has 21 heavy (non-hydrogen) atoms. The smallest absolute Gasteiger partial charge is 0.321 e. The van der Waals surface area contributed by atoms with Crippen LogP contribution in [-0.2, 0) is 17.8 Å². The topological polar surface area (TPSA) is 60.8 Å². The first kappa shape index (κ1) is 14.5. The number of hydrogen-bond donors (Lipinski definition) is 2. The minimum atomic E-state index is -0.777. The largest absolute Gasteiger partial charge is 0.480 e. The van der Waals surface area contributed by atoms with E-state index in [1.807, 2.05) is 23.1 Å². The van der Waals surface area contributed by atoms with E-state index in [9.17, 15) is 15.0 Å². The summed E-state index contributed by atoms with van der Waals surface area (Å²) in [6, 6.07) is 7.52. The van der Waals surface area contributed by atoms with Gasteiger partial charge in [0, 0.05) is 12.6 Å². The summed E-state index contributed by atoms with van der Waals surface area (Å²) in [5.41, 5.74) is 2.33. The third-order valence-electron chi connectivity index (χ3n) is 4.94. The quantitative estimate of drug-likeness (QED) is 0.819. The van der Waals surface area contributed by atoms with Gasteiger partial charge in [-0.2, -0.15) is 0 Å². The van der Waals surface area contributed by atoms with Crippen LogP contribution in [-0.4, -0.2) is 39.3 Å². The molecule has 1 aromatic rings. The molecule has 0 bridgehead atoms. The number of carbonyl (C=O) groups is 1. The Balaban J connectivity index is 1.89. The Kier molecular flexibility index (Phi) is 4.27. The predicted octanol–water partition coefficient (Wildman–Crippen LogP) is 2.19. The first-order valence-electron chi connectivity index (χ1n) is 7.90. The van der Waals surface area contributed by atoms with Crippen molar-refractivity contribution in [3.63, 3.8) is 0 Å². The lowest BCUT2D eigenvalue weighted by Crippen LogP contribution is -2.54. The van der Waals surface area contributed by atoms with Gasteiger partial charge in [-0.1, -0.05) is 43.5 Å². The zero-order valence-corrected chi connectivity index (χ0v) is 12.2. The molecule has 4 nitrogen and oxygen atoms in total. The summed E-state index contributed by atoms with van der Waals surface area (Å²) in [5, 5.41) is 20.0. The van der Waals surface area contributed by atoms with Crippen molar-refractivity contribution < 1.29 is 15.0 Å². The number of rotatable bonds is 2. The molecule has 1 heterocycles. The number of carboxylic acid groups (broad SMARTS) is 1. The van der Waals surface area contributed by atoms with Crippen molar-refractivity contribution in [2.45, 2.75) is 63.3 Å². The Labute approximate surface area is 125 Å². The third kappa shape index (κ3) is 2.97. The van der Waals surface area contributed by atoms with Crippen LogP contribution < -0.4 is 0 Å². The Morgan fingerprint density at radius 1 is 1.10 bits per heavy atom. The van der Waals surface area contributed by atoms with E-state index in [2.05, 4.69) is 6.07 Å². The Hall–Kier alpha value is -1.39. The molecule has 3 atom stereocenters. The number of carboxylic acids is 1.